The predicted octanol–water partition coefficient (Wildman–Crippen LogP) is 1.80. The fourth-order valence-corrected chi connectivity index (χ4v) is 6.11. The number of ketones is 1. The first-order valence-corrected chi connectivity index (χ1v) is 7.78. The molecular weight excluding hydrogens is 310 g/mol. The van der Waals surface area contributed by atoms with E-state index in [4.69, 9.17) is 4.55 Å². The van der Waals surface area contributed by atoms with Gasteiger partial charge in [0.2, 0.25) is 0 Å². The molecule has 4 atom stereocenters. The van der Waals surface area contributed by atoms with Crippen molar-refractivity contribution in [1.29, 1.82) is 0 Å². The number of fused-ring (bicyclic) bond motifs is 2. The van der Waals surface area contributed by atoms with E-state index in [1.54, 1.807) is 6.92 Å². The van der Waals surface area contributed by atoms with Crippen molar-refractivity contribution < 1.29 is 17.8 Å². The van der Waals surface area contributed by atoms with Crippen molar-refractivity contribution in [2.75, 3.05) is 5.75 Å². The Labute approximate surface area is 110 Å². The van der Waals surface area contributed by atoms with Gasteiger partial charge >= 0.3 is 0 Å². The number of hydrogen-bond acceptors (Lipinski definition) is 4. The third kappa shape index (κ3) is 1.87. The highest BCUT2D eigenvalue weighted by Crippen LogP contribution is 2.65. The van der Waals surface area contributed by atoms with Gasteiger partial charge in [0.05, 0.1) is 10.6 Å². The van der Waals surface area contributed by atoms with Gasteiger partial charge in [-0.1, -0.05) is 29.8 Å². The number of hydrogen-bond donors (Lipinski definition) is 2. The lowest BCUT2D eigenvalue weighted by atomic mass is 9.70. The Hall–Kier alpha value is 0.0200. The van der Waals surface area contributed by atoms with Crippen LogP contribution in [-0.4, -0.2) is 29.3 Å². The van der Waals surface area contributed by atoms with Crippen molar-refractivity contribution in [3.05, 3.63) is 0 Å². The molecule has 2 fully saturated rings. The normalized spacial score (nSPS) is 44.8. The highest BCUT2D eigenvalue weighted by Gasteiger charge is 2.68. The van der Waals surface area contributed by atoms with Crippen LogP contribution in [0.1, 0.15) is 26.7 Å². The molecule has 0 radical (unpaired) electrons. The second kappa shape index (κ2) is 4.01. The molecule has 0 spiro atoms. The van der Waals surface area contributed by atoms with Gasteiger partial charge in [-0.2, -0.15) is 8.42 Å². The molecule has 2 saturated carbocycles. The fraction of sp³-hybridized carbons (Fsp3) is 0.900. The predicted molar refractivity (Wildman–Crippen MR) is 68.1 cm³/mol. The number of carbonyl (C=O) groups excluding carboxylic acids is 1. The summed E-state index contributed by atoms with van der Waals surface area (Å²) < 4.78 is 31.2. The third-order valence-corrected chi connectivity index (χ3v) is 6.68. The van der Waals surface area contributed by atoms with Crippen LogP contribution in [0.2, 0.25) is 0 Å². The van der Waals surface area contributed by atoms with Crippen molar-refractivity contribution in [2.24, 2.45) is 16.7 Å². The summed E-state index contributed by atoms with van der Waals surface area (Å²) in [4.78, 5) is 11.8. The van der Waals surface area contributed by atoms with Crippen LogP contribution in [-0.2, 0) is 14.9 Å². The maximum Gasteiger partial charge on any atom is 0.265 e. The minimum atomic E-state index is -4.05. The van der Waals surface area contributed by atoms with Crippen LogP contribution < -0.4 is 6.15 Å². The van der Waals surface area contributed by atoms with Gasteiger partial charge in [0.25, 0.3) is 10.1 Å². The van der Waals surface area contributed by atoms with E-state index < -0.39 is 20.9 Å². The minimum absolute atomic E-state index is 0. The molecule has 7 heteroatoms. The van der Waals surface area contributed by atoms with E-state index in [0.29, 0.717) is 6.42 Å². The highest BCUT2D eigenvalue weighted by atomic mass is 79.9. The topological polar surface area (TPSA) is 106 Å². The van der Waals surface area contributed by atoms with E-state index in [1.807, 2.05) is 6.92 Å². The van der Waals surface area contributed by atoms with Gasteiger partial charge in [0, 0.05) is 10.8 Å². The maximum atomic E-state index is 12.1. The van der Waals surface area contributed by atoms with Gasteiger partial charge in [-0.3, -0.25) is 9.35 Å². The van der Waals surface area contributed by atoms with Gasteiger partial charge in [-0.05, 0) is 18.8 Å². The van der Waals surface area contributed by atoms with E-state index in [2.05, 4.69) is 15.9 Å². The SMILES string of the molecule is C[C@]12CCC(C(Br)C1=O)[C@@]2(C)CS(=O)(=O)O.N. The number of rotatable bonds is 2. The number of Topliss-reactive ketones (excluding diaryl/α,β-unsaturated/α-hetero) is 1. The molecule has 0 aromatic carbocycles. The summed E-state index contributed by atoms with van der Waals surface area (Å²) in [7, 11) is -4.05. The fourth-order valence-electron chi connectivity index (χ4n) is 3.46. The Morgan fingerprint density at radius 2 is 2.00 bits per heavy atom. The van der Waals surface area contributed by atoms with Gasteiger partial charge < -0.3 is 6.15 Å². The average Bonchev–Trinajstić information content (AvgIpc) is 2.40. The lowest BCUT2D eigenvalue weighted by Crippen LogP contribution is -2.40. The van der Waals surface area contributed by atoms with Crippen LogP contribution in [0.4, 0.5) is 0 Å². The first-order chi connectivity index (χ1) is 7.12. The molecule has 0 heterocycles. The third-order valence-electron chi connectivity index (χ3n) is 4.66. The molecule has 17 heavy (non-hydrogen) atoms. The average molecular weight is 328 g/mol. The Morgan fingerprint density at radius 1 is 1.47 bits per heavy atom. The van der Waals surface area contributed by atoms with Crippen molar-refractivity contribution in [3.63, 3.8) is 0 Å². The first kappa shape index (κ1) is 15.1. The molecule has 0 saturated heterocycles. The number of halogens is 1. The molecule has 100 valence electrons. The Morgan fingerprint density at radius 3 is 2.35 bits per heavy atom. The summed E-state index contributed by atoms with van der Waals surface area (Å²) in [5.74, 6) is -0.239. The zero-order valence-corrected chi connectivity index (χ0v) is 12.3. The molecule has 0 amide bonds. The van der Waals surface area contributed by atoms with Crippen LogP contribution in [0.5, 0.6) is 0 Å². The summed E-state index contributed by atoms with van der Waals surface area (Å²) in [6, 6.07) is 0. The smallest absolute Gasteiger partial charge is 0.265 e. The molecule has 2 aliphatic carbocycles. The van der Waals surface area contributed by atoms with Crippen molar-refractivity contribution in [3.8, 4) is 0 Å². The molecule has 2 bridgehead atoms. The molecule has 0 aromatic rings. The van der Waals surface area contributed by atoms with Crippen LogP contribution in [0, 0.1) is 16.7 Å². The highest BCUT2D eigenvalue weighted by molar-refractivity contribution is 9.10. The molecule has 2 aliphatic rings. The van der Waals surface area contributed by atoms with Crippen molar-refractivity contribution >= 4 is 31.8 Å². The Bertz CT molecular complexity index is 451. The van der Waals surface area contributed by atoms with Crippen LogP contribution in [0.3, 0.4) is 0 Å². The van der Waals surface area contributed by atoms with Gasteiger partial charge in [-0.25, -0.2) is 0 Å². The summed E-state index contributed by atoms with van der Waals surface area (Å²) in [6.07, 6.45) is 1.55. The summed E-state index contributed by atoms with van der Waals surface area (Å²) in [5, 5.41) is 0. The zero-order valence-electron chi connectivity index (χ0n) is 9.94. The van der Waals surface area contributed by atoms with Gasteiger partial charge in [0.1, 0.15) is 0 Å². The van der Waals surface area contributed by atoms with E-state index in [9.17, 15) is 13.2 Å². The second-order valence-electron chi connectivity index (χ2n) is 5.39. The van der Waals surface area contributed by atoms with E-state index in [-0.39, 0.29) is 28.4 Å². The summed E-state index contributed by atoms with van der Waals surface area (Å²) >= 11 is 3.35. The minimum Gasteiger partial charge on any atom is -0.344 e. The molecule has 2 rings (SSSR count). The molecule has 0 aromatic heterocycles. The molecular formula is C10H18BrNO4S. The van der Waals surface area contributed by atoms with Crippen LogP contribution >= 0.6 is 15.9 Å². The number of carbonyl (C=O) groups is 1. The summed E-state index contributed by atoms with van der Waals surface area (Å²) in [5.41, 5.74) is -1.27. The van der Waals surface area contributed by atoms with Crippen LogP contribution in [0.15, 0.2) is 0 Å². The Balaban J connectivity index is 0.00000144. The van der Waals surface area contributed by atoms with E-state index in [1.165, 1.54) is 0 Å². The Kier molecular flexibility index (Phi) is 3.56. The molecule has 4 N–H and O–H groups in total. The lowest BCUT2D eigenvalue weighted by molar-refractivity contribution is -0.127. The molecule has 2 unspecified atom stereocenters. The standard InChI is InChI=1S/C10H15BrO4S.H3N/c1-9-4-3-6(7(11)8(9)12)10(9,2)5-16(13,14)15;/h6-7H,3-5H2,1-2H3,(H,13,14,15);1H3/t6?,7?,9-,10+;/m0./s1. The zero-order chi connectivity index (χ0) is 12.4. The summed E-state index contributed by atoms with van der Waals surface area (Å²) in [6.45, 7) is 3.62. The number of alkyl halides is 1. The van der Waals surface area contributed by atoms with Crippen molar-refractivity contribution in [2.45, 2.75) is 31.5 Å². The lowest BCUT2D eigenvalue weighted by Gasteiger charge is -2.35. The maximum absolute atomic E-state index is 12.1. The quantitative estimate of drug-likeness (QED) is 0.594. The molecule has 0 aliphatic heterocycles. The van der Waals surface area contributed by atoms with Gasteiger partial charge in [0.15, 0.2) is 5.78 Å². The monoisotopic (exact) mass is 327 g/mol. The first-order valence-electron chi connectivity index (χ1n) is 5.25. The van der Waals surface area contributed by atoms with Crippen molar-refractivity contribution in [1.82, 2.24) is 6.15 Å². The molecule has 5 nitrogen and oxygen atoms in total. The van der Waals surface area contributed by atoms with Gasteiger partial charge in [-0.15, -0.1) is 0 Å². The largest absolute Gasteiger partial charge is 0.344 e. The second-order valence-corrected chi connectivity index (χ2v) is 7.83. The van der Waals surface area contributed by atoms with E-state index in [0.717, 1.165) is 6.42 Å². The van der Waals surface area contributed by atoms with E-state index >= 15 is 0 Å². The van der Waals surface area contributed by atoms with Crippen LogP contribution in [0.25, 0.3) is 0 Å².